The smallest absolute Gasteiger partial charge is 0.344 e. The normalized spacial score (nSPS) is 12.4. The topological polar surface area (TPSA) is 43.5 Å². The van der Waals surface area contributed by atoms with Crippen LogP contribution in [0.1, 0.15) is 11.1 Å². The van der Waals surface area contributed by atoms with E-state index in [1.807, 2.05) is 138 Å². The van der Waals surface area contributed by atoms with Gasteiger partial charge in [-0.2, -0.15) is 18.4 Å². The summed E-state index contributed by atoms with van der Waals surface area (Å²) in [6, 6.07) is 52.3. The second-order valence-electron chi connectivity index (χ2n) is 15.6. The van der Waals surface area contributed by atoms with Gasteiger partial charge in [0.15, 0.2) is 0 Å². The standard InChI is InChI=1S/C52H32F3N5/c1-57-39-18-7-5-16-37(39)46-43(57)25-23-35-33-14-3-9-20-41(33)59(49(35)46)45-27-22-32(31-13-11-12-30(28-31)29-56)51(48(45)52(53,54)55)60-42-21-10-4-15-34(42)36-24-26-44-47(50(36)60)38-17-6-8-19-40(38)58(44)2/h3-28H,1-2H3. The first-order chi connectivity index (χ1) is 29.2. The number of fused-ring (bicyclic) bond motifs is 14. The lowest BCUT2D eigenvalue weighted by molar-refractivity contribution is -0.137. The molecule has 4 heterocycles. The lowest BCUT2D eigenvalue weighted by atomic mass is 9.96. The van der Waals surface area contributed by atoms with Crippen LogP contribution in [0.5, 0.6) is 0 Å². The summed E-state index contributed by atoms with van der Waals surface area (Å²) in [5.41, 5.74) is 6.97. The Morgan fingerprint density at radius 1 is 0.467 bits per heavy atom. The second kappa shape index (κ2) is 12.1. The van der Waals surface area contributed by atoms with Crippen LogP contribution in [0.3, 0.4) is 0 Å². The van der Waals surface area contributed by atoms with Gasteiger partial charge < -0.3 is 18.3 Å². The van der Waals surface area contributed by atoms with Crippen molar-refractivity contribution < 1.29 is 13.2 Å². The summed E-state index contributed by atoms with van der Waals surface area (Å²) < 4.78 is 58.9. The number of alkyl halides is 3. The minimum absolute atomic E-state index is 0.00208. The van der Waals surface area contributed by atoms with Crippen LogP contribution in [-0.2, 0) is 20.3 Å². The molecule has 0 bridgehead atoms. The van der Waals surface area contributed by atoms with Crippen molar-refractivity contribution in [2.75, 3.05) is 0 Å². The lowest BCUT2D eigenvalue weighted by Gasteiger charge is -2.25. The summed E-state index contributed by atoms with van der Waals surface area (Å²) in [6.45, 7) is 0. The van der Waals surface area contributed by atoms with Crippen LogP contribution in [0, 0.1) is 11.3 Å². The molecule has 8 aromatic carbocycles. The summed E-state index contributed by atoms with van der Waals surface area (Å²) in [5.74, 6) is 0. The van der Waals surface area contributed by atoms with Gasteiger partial charge in [0.2, 0.25) is 0 Å². The first-order valence-electron chi connectivity index (χ1n) is 19.8. The first kappa shape index (κ1) is 34.3. The molecule has 0 aliphatic rings. The second-order valence-corrected chi connectivity index (χ2v) is 15.6. The van der Waals surface area contributed by atoms with Crippen LogP contribution in [-0.4, -0.2) is 18.3 Å². The first-order valence-corrected chi connectivity index (χ1v) is 19.8. The number of benzene rings is 8. The Morgan fingerprint density at radius 3 is 1.52 bits per heavy atom. The van der Waals surface area contributed by atoms with Gasteiger partial charge in [-0.25, -0.2) is 0 Å². The molecule has 0 spiro atoms. The summed E-state index contributed by atoms with van der Waals surface area (Å²) in [5, 5.41) is 17.1. The van der Waals surface area contributed by atoms with Crippen molar-refractivity contribution >= 4 is 87.2 Å². The molecule has 60 heavy (non-hydrogen) atoms. The summed E-state index contributed by atoms with van der Waals surface area (Å²) >= 11 is 0. The number of hydrogen-bond acceptors (Lipinski definition) is 1. The molecule has 0 unspecified atom stereocenters. The van der Waals surface area contributed by atoms with Crippen molar-refractivity contribution in [1.82, 2.24) is 18.3 Å². The maximum Gasteiger partial charge on any atom is 0.420 e. The molecular weight excluding hydrogens is 752 g/mol. The van der Waals surface area contributed by atoms with E-state index in [0.29, 0.717) is 38.8 Å². The predicted molar refractivity (Wildman–Crippen MR) is 238 cm³/mol. The quantitative estimate of drug-likeness (QED) is 0.176. The Morgan fingerprint density at radius 2 is 0.967 bits per heavy atom. The van der Waals surface area contributed by atoms with E-state index in [1.165, 1.54) is 0 Å². The van der Waals surface area contributed by atoms with Gasteiger partial charge in [-0.15, -0.1) is 0 Å². The zero-order valence-corrected chi connectivity index (χ0v) is 32.4. The van der Waals surface area contributed by atoms with E-state index in [9.17, 15) is 5.26 Å². The fourth-order valence-electron chi connectivity index (χ4n) is 10.1. The van der Waals surface area contributed by atoms with Gasteiger partial charge in [0.1, 0.15) is 5.56 Å². The molecule has 0 N–H and O–H groups in total. The van der Waals surface area contributed by atoms with Gasteiger partial charge >= 0.3 is 6.18 Å². The average molecular weight is 784 g/mol. The number of para-hydroxylation sites is 4. The minimum atomic E-state index is -4.86. The van der Waals surface area contributed by atoms with Crippen LogP contribution in [0.15, 0.2) is 158 Å². The molecule has 12 rings (SSSR count). The molecule has 4 aromatic heterocycles. The van der Waals surface area contributed by atoms with E-state index in [4.69, 9.17) is 0 Å². The minimum Gasteiger partial charge on any atom is -0.344 e. The Hall–Kier alpha value is -7.76. The number of aryl methyl sites for hydroxylation is 2. The SMILES string of the molecule is Cn1c2ccccc2c2c1ccc1c3ccccc3n(-c3ccc(-c4cccc(C#N)c4)c(-n4c5ccccc5c5ccc6c(c7ccccc7n6C)c54)c3C(F)(F)F)c12. The number of rotatable bonds is 3. The zero-order valence-electron chi connectivity index (χ0n) is 32.4. The van der Waals surface area contributed by atoms with E-state index >= 15 is 13.2 Å². The van der Waals surface area contributed by atoms with E-state index in [0.717, 1.165) is 65.2 Å². The molecular formula is C52H32F3N5. The van der Waals surface area contributed by atoms with Gasteiger partial charge in [-0.3, -0.25) is 0 Å². The van der Waals surface area contributed by atoms with Crippen LogP contribution in [0.2, 0.25) is 0 Å². The van der Waals surface area contributed by atoms with Crippen LogP contribution in [0.4, 0.5) is 13.2 Å². The highest BCUT2D eigenvalue weighted by molar-refractivity contribution is 6.27. The van der Waals surface area contributed by atoms with Gasteiger partial charge in [-0.1, -0.05) is 103 Å². The van der Waals surface area contributed by atoms with E-state index in [1.54, 1.807) is 30.3 Å². The number of nitriles is 1. The zero-order chi connectivity index (χ0) is 40.6. The number of nitrogens with zero attached hydrogens (tertiary/aromatic N) is 5. The van der Waals surface area contributed by atoms with Gasteiger partial charge in [0.25, 0.3) is 0 Å². The molecule has 0 atom stereocenters. The molecule has 0 fully saturated rings. The Balaban J connectivity index is 1.35. The molecule has 5 nitrogen and oxygen atoms in total. The van der Waals surface area contributed by atoms with Gasteiger partial charge in [0, 0.05) is 73.8 Å². The molecule has 0 aliphatic heterocycles. The highest BCUT2D eigenvalue weighted by atomic mass is 19.4. The molecule has 0 aliphatic carbocycles. The average Bonchev–Trinajstić information content (AvgIpc) is 3.98. The lowest BCUT2D eigenvalue weighted by Crippen LogP contribution is -2.17. The monoisotopic (exact) mass is 783 g/mol. The van der Waals surface area contributed by atoms with Gasteiger partial charge in [0.05, 0.1) is 56.1 Å². The highest BCUT2D eigenvalue weighted by Gasteiger charge is 2.41. The molecule has 8 heteroatoms. The Labute approximate surface area is 340 Å². The number of halogens is 3. The third-order valence-electron chi connectivity index (χ3n) is 12.6. The molecule has 286 valence electrons. The van der Waals surface area contributed by atoms with E-state index < -0.39 is 11.7 Å². The van der Waals surface area contributed by atoms with Gasteiger partial charge in [-0.05, 0) is 60.2 Å². The third-order valence-corrected chi connectivity index (χ3v) is 12.6. The van der Waals surface area contributed by atoms with Crippen LogP contribution in [0.25, 0.3) is 110 Å². The predicted octanol–water partition coefficient (Wildman–Crippen LogP) is 13.7. The molecule has 12 aromatic rings. The van der Waals surface area contributed by atoms with E-state index in [-0.39, 0.29) is 11.4 Å². The fraction of sp³-hybridized carbons (Fsp3) is 0.0577. The highest BCUT2D eigenvalue weighted by Crippen LogP contribution is 2.50. The van der Waals surface area contributed by atoms with Crippen LogP contribution >= 0.6 is 0 Å². The van der Waals surface area contributed by atoms with Crippen molar-refractivity contribution in [3.05, 3.63) is 169 Å². The van der Waals surface area contributed by atoms with Crippen molar-refractivity contribution in [3.8, 4) is 28.6 Å². The maximum atomic E-state index is 17.0. The van der Waals surface area contributed by atoms with Crippen LogP contribution < -0.4 is 0 Å². The Bertz CT molecular complexity index is 3860. The summed E-state index contributed by atoms with van der Waals surface area (Å²) in [4.78, 5) is 0. The molecule has 0 radical (unpaired) electrons. The van der Waals surface area contributed by atoms with Crippen molar-refractivity contribution in [2.24, 2.45) is 14.1 Å². The largest absolute Gasteiger partial charge is 0.420 e. The van der Waals surface area contributed by atoms with E-state index in [2.05, 4.69) is 27.3 Å². The third kappa shape index (κ3) is 4.46. The van der Waals surface area contributed by atoms with Crippen molar-refractivity contribution in [2.45, 2.75) is 6.18 Å². The Kier molecular flexibility index (Phi) is 6.94. The molecule has 0 saturated carbocycles. The fourth-order valence-corrected chi connectivity index (χ4v) is 10.1. The van der Waals surface area contributed by atoms with Crippen molar-refractivity contribution in [3.63, 3.8) is 0 Å². The van der Waals surface area contributed by atoms with Crippen molar-refractivity contribution in [1.29, 1.82) is 5.26 Å². The molecule has 0 saturated heterocycles. The number of hydrogen-bond donors (Lipinski definition) is 0. The summed E-state index contributed by atoms with van der Waals surface area (Å²) in [7, 11) is 4.00. The summed E-state index contributed by atoms with van der Waals surface area (Å²) in [6.07, 6.45) is -4.86. The number of aromatic nitrogens is 4. The molecule has 0 amide bonds. The maximum absolute atomic E-state index is 17.0.